The van der Waals surface area contributed by atoms with Gasteiger partial charge in [0.1, 0.15) is 11.5 Å². The zero-order valence-corrected chi connectivity index (χ0v) is 32.2. The highest BCUT2D eigenvalue weighted by Gasteiger charge is 2.28. The van der Waals surface area contributed by atoms with Crippen LogP contribution in [0.1, 0.15) is 173 Å². The van der Waals surface area contributed by atoms with Crippen molar-refractivity contribution in [2.45, 2.75) is 186 Å². The third kappa shape index (κ3) is 16.9. The lowest BCUT2D eigenvalue weighted by atomic mass is 9.76. The van der Waals surface area contributed by atoms with Crippen molar-refractivity contribution >= 4 is 12.2 Å². The fourth-order valence-corrected chi connectivity index (χ4v) is 8.18. The van der Waals surface area contributed by atoms with Crippen molar-refractivity contribution in [2.75, 3.05) is 0 Å². The molecule has 0 heterocycles. The molecule has 4 rings (SSSR count). The third-order valence-corrected chi connectivity index (χ3v) is 11.4. The van der Waals surface area contributed by atoms with Crippen LogP contribution in [0.4, 0.5) is 9.59 Å². The molecule has 0 bridgehead atoms. The van der Waals surface area contributed by atoms with E-state index in [2.05, 4.69) is 48.7 Å². The maximum Gasteiger partial charge on any atom is 0.412 e. The van der Waals surface area contributed by atoms with E-state index in [-0.39, 0.29) is 24.3 Å². The molecule has 0 spiro atoms. The van der Waals surface area contributed by atoms with Crippen LogP contribution in [0.15, 0.2) is 48.5 Å². The lowest BCUT2D eigenvalue weighted by Crippen LogP contribution is -2.40. The van der Waals surface area contributed by atoms with Crippen LogP contribution >= 0.6 is 0 Å². The van der Waals surface area contributed by atoms with Crippen molar-refractivity contribution in [3.8, 4) is 11.5 Å². The van der Waals surface area contributed by atoms with Crippen LogP contribution in [0.3, 0.4) is 0 Å². The molecule has 2 saturated carbocycles. The van der Waals surface area contributed by atoms with E-state index >= 15 is 0 Å². The zero-order chi connectivity index (χ0) is 35.9. The smallest absolute Gasteiger partial charge is 0.410 e. The molecule has 284 valence electrons. The van der Waals surface area contributed by atoms with Crippen molar-refractivity contribution in [1.29, 1.82) is 0 Å². The van der Waals surface area contributed by atoms with E-state index in [0.717, 1.165) is 76.0 Å². The summed E-state index contributed by atoms with van der Waals surface area (Å²) in [6.45, 7) is 4.52. The Morgan fingerprint density at radius 2 is 0.824 bits per heavy atom. The molecular formula is C45H70N2O4. The Morgan fingerprint density at radius 3 is 1.18 bits per heavy atom. The first-order chi connectivity index (χ1) is 25.0. The Balaban J connectivity index is 1.02. The normalized spacial score (nSPS) is 20.4. The molecule has 2 aromatic carbocycles. The van der Waals surface area contributed by atoms with E-state index in [9.17, 15) is 9.59 Å². The van der Waals surface area contributed by atoms with Gasteiger partial charge in [-0.15, -0.1) is 0 Å². The van der Waals surface area contributed by atoms with Gasteiger partial charge in [0, 0.05) is 12.1 Å². The summed E-state index contributed by atoms with van der Waals surface area (Å²) in [6, 6.07) is 16.5. The van der Waals surface area contributed by atoms with Gasteiger partial charge in [-0.05, 0) is 131 Å². The molecule has 2 N–H and O–H groups in total. The Hall–Kier alpha value is -3.02. The number of amides is 2. The summed E-state index contributed by atoms with van der Waals surface area (Å²) < 4.78 is 11.2. The summed E-state index contributed by atoms with van der Waals surface area (Å²) in [5, 5.41) is 6.23. The number of benzene rings is 2. The number of hydrogen-bond acceptors (Lipinski definition) is 4. The van der Waals surface area contributed by atoms with Crippen molar-refractivity contribution < 1.29 is 19.1 Å². The molecule has 0 aliphatic heterocycles. The summed E-state index contributed by atoms with van der Waals surface area (Å²) in [4.78, 5) is 25.2. The number of rotatable bonds is 22. The van der Waals surface area contributed by atoms with E-state index in [4.69, 9.17) is 9.47 Å². The Bertz CT molecular complexity index is 1120. The van der Waals surface area contributed by atoms with Gasteiger partial charge in [-0.1, -0.05) is 115 Å². The minimum absolute atomic E-state index is 0.192. The molecule has 51 heavy (non-hydrogen) atoms. The van der Waals surface area contributed by atoms with Crippen molar-refractivity contribution in [3.05, 3.63) is 59.7 Å². The van der Waals surface area contributed by atoms with Gasteiger partial charge >= 0.3 is 12.2 Å². The minimum Gasteiger partial charge on any atom is -0.410 e. The molecule has 0 radical (unpaired) electrons. The van der Waals surface area contributed by atoms with Gasteiger partial charge in [0.25, 0.3) is 0 Å². The van der Waals surface area contributed by atoms with Crippen molar-refractivity contribution in [1.82, 2.24) is 10.6 Å². The molecule has 2 fully saturated rings. The fraction of sp³-hybridized carbons (Fsp3) is 0.689. The fourth-order valence-electron chi connectivity index (χ4n) is 8.18. The number of unbranched alkanes of at least 4 members (excludes halogenated alkanes) is 12. The van der Waals surface area contributed by atoms with Gasteiger partial charge in [-0.3, -0.25) is 0 Å². The highest BCUT2D eigenvalue weighted by atomic mass is 16.6. The van der Waals surface area contributed by atoms with E-state index in [1.165, 1.54) is 107 Å². The second-order valence-corrected chi connectivity index (χ2v) is 15.8. The highest BCUT2D eigenvalue weighted by Crippen LogP contribution is 2.35. The molecule has 2 aromatic rings. The van der Waals surface area contributed by atoms with Crippen LogP contribution in [0.25, 0.3) is 0 Å². The number of hydrogen-bond donors (Lipinski definition) is 2. The first kappa shape index (κ1) is 40.7. The Morgan fingerprint density at radius 1 is 0.490 bits per heavy atom. The van der Waals surface area contributed by atoms with Crippen molar-refractivity contribution in [2.24, 2.45) is 11.8 Å². The summed E-state index contributed by atoms with van der Waals surface area (Å²) in [5.74, 6) is 2.67. The molecule has 0 aromatic heterocycles. The molecule has 2 aliphatic rings. The number of aryl methyl sites for hydroxylation is 2. The average molecular weight is 703 g/mol. The molecule has 0 saturated heterocycles. The monoisotopic (exact) mass is 703 g/mol. The predicted molar refractivity (Wildman–Crippen MR) is 211 cm³/mol. The summed E-state index contributed by atoms with van der Waals surface area (Å²) in [7, 11) is 0. The molecule has 6 heteroatoms. The first-order valence-electron chi connectivity index (χ1n) is 21.1. The molecule has 0 atom stereocenters. The number of ether oxygens (including phenoxy) is 2. The Kier molecular flexibility index (Phi) is 19.4. The topological polar surface area (TPSA) is 76.7 Å². The van der Waals surface area contributed by atoms with Gasteiger partial charge in [0.2, 0.25) is 0 Å². The van der Waals surface area contributed by atoms with Gasteiger partial charge in [-0.25, -0.2) is 9.59 Å². The van der Waals surface area contributed by atoms with Crippen LogP contribution in [-0.4, -0.2) is 24.3 Å². The standard InChI is InChI=1S/C45H70N2O4/c1-3-5-7-9-11-13-15-17-36-23-31-42(32-24-36)50-44(48)46-40-27-19-38(20-28-40)35-39-21-29-41(30-22-39)47-45(49)51-43-33-25-37(26-34-43)18-16-14-12-10-8-6-4-2/h23-26,31-34,38-41H,3-22,27-30,35H2,1-2H3,(H,46,48)(H,47,49). The van der Waals surface area contributed by atoms with Crippen LogP contribution in [0.2, 0.25) is 0 Å². The van der Waals surface area contributed by atoms with Crippen LogP contribution in [0.5, 0.6) is 11.5 Å². The molecule has 2 amide bonds. The zero-order valence-electron chi connectivity index (χ0n) is 32.2. The number of carbonyl (C=O) groups excluding carboxylic acids is 2. The van der Waals surface area contributed by atoms with Gasteiger partial charge < -0.3 is 20.1 Å². The molecule has 2 aliphatic carbocycles. The maximum atomic E-state index is 12.6. The average Bonchev–Trinajstić information content (AvgIpc) is 3.14. The van der Waals surface area contributed by atoms with Gasteiger partial charge in [-0.2, -0.15) is 0 Å². The second kappa shape index (κ2) is 24.3. The third-order valence-electron chi connectivity index (χ3n) is 11.4. The van der Waals surface area contributed by atoms with Crippen LogP contribution < -0.4 is 20.1 Å². The molecule has 6 nitrogen and oxygen atoms in total. The Labute approximate surface area is 310 Å². The second-order valence-electron chi connectivity index (χ2n) is 15.8. The first-order valence-corrected chi connectivity index (χ1v) is 21.1. The summed E-state index contributed by atoms with van der Waals surface area (Å²) in [5.41, 5.74) is 2.62. The van der Waals surface area contributed by atoms with Gasteiger partial charge in [0.15, 0.2) is 0 Å². The van der Waals surface area contributed by atoms with E-state index in [1.807, 2.05) is 24.3 Å². The van der Waals surface area contributed by atoms with E-state index < -0.39 is 0 Å². The largest absolute Gasteiger partial charge is 0.412 e. The molecular weight excluding hydrogens is 633 g/mol. The molecule has 0 unspecified atom stereocenters. The van der Waals surface area contributed by atoms with E-state index in [0.29, 0.717) is 11.5 Å². The highest BCUT2D eigenvalue weighted by molar-refractivity contribution is 5.71. The number of nitrogens with one attached hydrogen (secondary N) is 2. The SMILES string of the molecule is CCCCCCCCCc1ccc(OC(=O)NC2CCC(CC3CCC(NC(=O)Oc4ccc(CCCCCCCCC)cc4)CC3)CC2)cc1. The van der Waals surface area contributed by atoms with E-state index in [1.54, 1.807) is 0 Å². The minimum atomic E-state index is -0.335. The quantitative estimate of drug-likeness (QED) is 0.120. The number of carbonyl (C=O) groups is 2. The summed E-state index contributed by atoms with van der Waals surface area (Å²) in [6.07, 6.45) is 29.9. The maximum absolute atomic E-state index is 12.6. The predicted octanol–water partition coefficient (Wildman–Crippen LogP) is 12.7. The lowest BCUT2D eigenvalue weighted by molar-refractivity contribution is 0.175. The van der Waals surface area contributed by atoms with Crippen LogP contribution in [0, 0.1) is 11.8 Å². The summed E-state index contributed by atoms with van der Waals surface area (Å²) >= 11 is 0. The lowest BCUT2D eigenvalue weighted by Gasteiger charge is -2.34. The van der Waals surface area contributed by atoms with Crippen molar-refractivity contribution in [3.63, 3.8) is 0 Å². The van der Waals surface area contributed by atoms with Crippen LogP contribution in [-0.2, 0) is 12.8 Å². The van der Waals surface area contributed by atoms with Gasteiger partial charge in [0.05, 0.1) is 0 Å².